The summed E-state index contributed by atoms with van der Waals surface area (Å²) < 4.78 is 2.34. The molecule has 0 unspecified atom stereocenters. The Labute approximate surface area is 306 Å². The van der Waals surface area contributed by atoms with E-state index in [4.69, 9.17) is 9.97 Å². The number of pyridine rings is 4. The number of nitrogens with zero attached hydrogens (tertiary/aromatic N) is 5. The number of hydrogen-bond donors (Lipinski definition) is 0. The quantitative estimate of drug-likeness (QED) is 0.164. The molecular weight excluding hydrogens is 647 g/mol. The summed E-state index contributed by atoms with van der Waals surface area (Å²) in [5.41, 5.74) is 11.6. The summed E-state index contributed by atoms with van der Waals surface area (Å²) in [6.07, 6.45) is 7.23. The highest BCUT2D eigenvalue weighted by atomic mass is 15.1. The monoisotopic (exact) mass is 677 g/mol. The van der Waals surface area contributed by atoms with E-state index in [9.17, 15) is 0 Å². The third-order valence-corrected chi connectivity index (χ3v) is 9.99. The fourth-order valence-corrected chi connectivity index (χ4v) is 7.52. The SMILES string of the molecule is c1ccc(-c2c(-c3ccccc3)n(-c3cccc(-c4ccncc4)n3)c3cc4ccc5cc(-c6cccc(-c7ccncc7)n6)ccc5c4cc23)cc1. The van der Waals surface area contributed by atoms with Gasteiger partial charge in [0.05, 0.1) is 28.3 Å². The molecule has 0 spiro atoms. The average Bonchev–Trinajstić information content (AvgIpc) is 3.58. The maximum Gasteiger partial charge on any atom is 0.138 e. The van der Waals surface area contributed by atoms with Crippen LogP contribution in [-0.4, -0.2) is 24.5 Å². The molecule has 0 aliphatic rings. The van der Waals surface area contributed by atoms with Gasteiger partial charge in [0.15, 0.2) is 0 Å². The second kappa shape index (κ2) is 12.8. The van der Waals surface area contributed by atoms with Crippen LogP contribution < -0.4 is 0 Å². The summed E-state index contributed by atoms with van der Waals surface area (Å²) in [7, 11) is 0. The first-order valence-electron chi connectivity index (χ1n) is 17.7. The lowest BCUT2D eigenvalue weighted by Crippen LogP contribution is -2.01. The van der Waals surface area contributed by atoms with Gasteiger partial charge in [0.25, 0.3) is 0 Å². The van der Waals surface area contributed by atoms with Crippen molar-refractivity contribution in [3.8, 4) is 62.0 Å². The topological polar surface area (TPSA) is 56.5 Å². The van der Waals surface area contributed by atoms with Crippen LogP contribution in [0.1, 0.15) is 0 Å². The van der Waals surface area contributed by atoms with E-state index in [1.54, 1.807) is 12.4 Å². The average molecular weight is 678 g/mol. The summed E-state index contributed by atoms with van der Waals surface area (Å²) >= 11 is 0. The highest BCUT2D eigenvalue weighted by Crippen LogP contribution is 2.45. The zero-order valence-electron chi connectivity index (χ0n) is 28.6. The number of aromatic nitrogens is 5. The van der Waals surface area contributed by atoms with E-state index in [0.717, 1.165) is 61.9 Å². The van der Waals surface area contributed by atoms with Gasteiger partial charge < -0.3 is 0 Å². The van der Waals surface area contributed by atoms with Crippen LogP contribution >= 0.6 is 0 Å². The lowest BCUT2D eigenvalue weighted by atomic mass is 9.94. The van der Waals surface area contributed by atoms with Gasteiger partial charge in [-0.2, -0.15) is 0 Å². The van der Waals surface area contributed by atoms with Crippen molar-refractivity contribution < 1.29 is 0 Å². The van der Waals surface area contributed by atoms with E-state index in [0.29, 0.717) is 0 Å². The van der Waals surface area contributed by atoms with Crippen LogP contribution in [-0.2, 0) is 0 Å². The molecular formula is C48H31N5. The second-order valence-electron chi connectivity index (χ2n) is 13.1. The highest BCUT2D eigenvalue weighted by Gasteiger charge is 2.23. The van der Waals surface area contributed by atoms with Crippen molar-refractivity contribution in [1.82, 2.24) is 24.5 Å². The predicted molar refractivity (Wildman–Crippen MR) is 217 cm³/mol. The standard InChI is InChI=1S/C48H31N5/c1-3-9-34(10-4-1)47-41-31-40-37(18-17-36-29-38(19-20-39(36)40)44-14-7-13-42(51-44)32-21-25-49-26-22-32)30-45(41)53(48(47)35-11-5-2-6-12-35)46-16-8-15-43(52-46)33-23-27-50-28-24-33/h1-31H. The maximum absolute atomic E-state index is 5.28. The number of hydrogen-bond acceptors (Lipinski definition) is 4. The molecule has 0 bridgehead atoms. The zero-order valence-corrected chi connectivity index (χ0v) is 28.6. The smallest absolute Gasteiger partial charge is 0.138 e. The molecule has 0 N–H and O–H groups in total. The third kappa shape index (κ3) is 5.43. The van der Waals surface area contributed by atoms with Gasteiger partial charge in [0.1, 0.15) is 5.82 Å². The molecule has 5 heterocycles. The van der Waals surface area contributed by atoms with Crippen LogP contribution in [0.2, 0.25) is 0 Å². The molecule has 0 aliphatic carbocycles. The van der Waals surface area contributed by atoms with Crippen molar-refractivity contribution in [1.29, 1.82) is 0 Å². The fraction of sp³-hybridized carbons (Fsp3) is 0. The predicted octanol–water partition coefficient (Wildman–Crippen LogP) is 11.9. The molecule has 10 rings (SSSR count). The minimum Gasteiger partial charge on any atom is -0.293 e. The number of rotatable bonds is 6. The fourth-order valence-electron chi connectivity index (χ4n) is 7.52. The van der Waals surface area contributed by atoms with Gasteiger partial charge in [-0.1, -0.05) is 97.1 Å². The van der Waals surface area contributed by atoms with Gasteiger partial charge in [-0.15, -0.1) is 0 Å². The molecule has 53 heavy (non-hydrogen) atoms. The van der Waals surface area contributed by atoms with Crippen LogP contribution in [0.5, 0.6) is 0 Å². The molecule has 0 amide bonds. The minimum absolute atomic E-state index is 0.858. The Morgan fingerprint density at radius 3 is 1.62 bits per heavy atom. The Balaban J connectivity index is 1.22. The van der Waals surface area contributed by atoms with Crippen LogP contribution in [0, 0.1) is 0 Å². The van der Waals surface area contributed by atoms with E-state index >= 15 is 0 Å². The van der Waals surface area contributed by atoms with E-state index in [1.807, 2.05) is 42.7 Å². The summed E-state index contributed by atoms with van der Waals surface area (Å²) in [5, 5.41) is 5.90. The zero-order chi connectivity index (χ0) is 35.1. The van der Waals surface area contributed by atoms with Gasteiger partial charge in [-0.05, 0) is 99.4 Å². The number of benzene rings is 5. The lowest BCUT2D eigenvalue weighted by Gasteiger charge is -2.14. The third-order valence-electron chi connectivity index (χ3n) is 9.99. The van der Waals surface area contributed by atoms with E-state index in [2.05, 4.69) is 148 Å². The van der Waals surface area contributed by atoms with Crippen molar-refractivity contribution in [3.63, 3.8) is 0 Å². The van der Waals surface area contributed by atoms with Crippen molar-refractivity contribution in [3.05, 3.63) is 189 Å². The molecule has 5 nitrogen and oxygen atoms in total. The summed E-state index contributed by atoms with van der Waals surface area (Å²) in [6.45, 7) is 0. The second-order valence-corrected chi connectivity index (χ2v) is 13.1. The lowest BCUT2D eigenvalue weighted by molar-refractivity contribution is 1.05. The first-order valence-corrected chi connectivity index (χ1v) is 17.7. The summed E-state index contributed by atoms with van der Waals surface area (Å²) in [4.78, 5) is 18.7. The van der Waals surface area contributed by atoms with Crippen LogP contribution in [0.3, 0.4) is 0 Å². The van der Waals surface area contributed by atoms with Crippen molar-refractivity contribution in [2.45, 2.75) is 0 Å². The van der Waals surface area contributed by atoms with E-state index < -0.39 is 0 Å². The first-order chi connectivity index (χ1) is 26.3. The Hall–Kier alpha value is -7.24. The van der Waals surface area contributed by atoms with Crippen molar-refractivity contribution in [2.24, 2.45) is 0 Å². The van der Waals surface area contributed by atoms with E-state index in [1.165, 1.54) is 32.5 Å². The van der Waals surface area contributed by atoms with Crippen molar-refractivity contribution >= 4 is 32.4 Å². The van der Waals surface area contributed by atoms with Crippen LogP contribution in [0.25, 0.3) is 94.4 Å². The molecule has 0 aliphatic heterocycles. The van der Waals surface area contributed by atoms with E-state index in [-0.39, 0.29) is 0 Å². The molecule has 0 radical (unpaired) electrons. The number of fused-ring (bicyclic) bond motifs is 4. The molecule has 248 valence electrons. The van der Waals surface area contributed by atoms with Gasteiger partial charge in [0, 0.05) is 52.4 Å². The minimum atomic E-state index is 0.858. The summed E-state index contributed by atoms with van der Waals surface area (Å²) in [6, 6.07) is 57.7. The van der Waals surface area contributed by atoms with Gasteiger partial charge in [-0.3, -0.25) is 14.5 Å². The molecule has 0 fully saturated rings. The Morgan fingerprint density at radius 2 is 0.943 bits per heavy atom. The van der Waals surface area contributed by atoms with Gasteiger partial charge >= 0.3 is 0 Å². The Kier molecular flexibility index (Phi) is 7.40. The molecule has 5 heteroatoms. The van der Waals surface area contributed by atoms with Crippen LogP contribution in [0.15, 0.2) is 189 Å². The summed E-state index contributed by atoms with van der Waals surface area (Å²) in [5.74, 6) is 0.858. The highest BCUT2D eigenvalue weighted by molar-refractivity contribution is 6.17. The largest absolute Gasteiger partial charge is 0.293 e. The molecule has 0 atom stereocenters. The Morgan fingerprint density at radius 1 is 0.358 bits per heavy atom. The molecule has 10 aromatic rings. The van der Waals surface area contributed by atoms with Crippen molar-refractivity contribution in [2.75, 3.05) is 0 Å². The van der Waals surface area contributed by atoms with Gasteiger partial charge in [0.2, 0.25) is 0 Å². The molecule has 0 saturated heterocycles. The van der Waals surface area contributed by atoms with Crippen LogP contribution in [0.4, 0.5) is 0 Å². The van der Waals surface area contributed by atoms with Gasteiger partial charge in [-0.25, -0.2) is 9.97 Å². The first kappa shape index (κ1) is 30.6. The normalized spacial score (nSPS) is 11.4. The maximum atomic E-state index is 5.28. The Bertz CT molecular complexity index is 2920. The molecule has 5 aromatic heterocycles. The molecule has 0 saturated carbocycles. The molecule has 5 aromatic carbocycles.